The van der Waals surface area contributed by atoms with E-state index in [2.05, 4.69) is 16.9 Å². The number of allylic oxidation sites excluding steroid dienone is 1. The van der Waals surface area contributed by atoms with Crippen molar-refractivity contribution in [3.8, 4) is 0 Å². The first-order chi connectivity index (χ1) is 14.1. The fraction of sp³-hybridized carbons (Fsp3) is 0.565. The van der Waals surface area contributed by atoms with Crippen molar-refractivity contribution in [2.24, 2.45) is 5.92 Å². The fourth-order valence-corrected chi connectivity index (χ4v) is 1.84. The minimum absolute atomic E-state index is 0. The number of ether oxygens (including phenoxy) is 2. The standard InChI is InChI=1S/C9H18O3.C7H8N2O.C7H12O.U.H2/c1-5-9(10)11-6-8(4)12-7(2)3;1-8-6-4-2-3-5-7(10)9-6;1-4-6(3)7(8)5-2;;/h7-8H,5-6H2,1-4H3;2-5H,1H3,(H,8,9,10);5-6H,2,4H2,1,3H3;;1H/t8-;;6-;;/m0.0../s1. The fourth-order valence-electron chi connectivity index (χ4n) is 1.84. The van der Waals surface area contributed by atoms with E-state index in [0.717, 1.165) is 6.42 Å². The van der Waals surface area contributed by atoms with Crippen LogP contribution in [0.25, 0.3) is 0 Å². The van der Waals surface area contributed by atoms with Gasteiger partial charge in [0.2, 0.25) is 0 Å². The third-order valence-electron chi connectivity index (χ3n) is 3.66. The van der Waals surface area contributed by atoms with Crippen LogP contribution in [0.15, 0.2) is 41.7 Å². The van der Waals surface area contributed by atoms with Gasteiger partial charge < -0.3 is 14.8 Å². The van der Waals surface area contributed by atoms with Crippen LogP contribution in [-0.4, -0.2) is 42.6 Å². The molecule has 1 heterocycles. The number of hydrogen-bond donors (Lipinski definition) is 1. The molecule has 0 bridgehead atoms. The van der Waals surface area contributed by atoms with Crippen LogP contribution >= 0.6 is 0 Å². The molecule has 1 aromatic rings. The second kappa shape index (κ2) is 21.7. The van der Waals surface area contributed by atoms with Crippen LogP contribution in [0.1, 0.15) is 55.8 Å². The smallest absolute Gasteiger partial charge is 0.305 e. The average molecular weight is 663 g/mol. The molecule has 0 aromatic carbocycles. The van der Waals surface area contributed by atoms with Crippen LogP contribution in [0.3, 0.4) is 0 Å². The molecule has 0 spiro atoms. The number of carbonyl (C=O) groups excluding carboxylic acids is 2. The van der Waals surface area contributed by atoms with Gasteiger partial charge in [-0.25, -0.2) is 0 Å². The Bertz CT molecular complexity index is 689. The van der Waals surface area contributed by atoms with Gasteiger partial charge in [0, 0.05) is 58.0 Å². The number of hydrogen-bond acceptors (Lipinski definition) is 7. The van der Waals surface area contributed by atoms with Gasteiger partial charge in [-0.2, -0.15) is 4.98 Å². The maximum absolute atomic E-state index is 10.7. The van der Waals surface area contributed by atoms with Gasteiger partial charge in [0.15, 0.2) is 5.78 Å². The largest absolute Gasteiger partial charge is 0.463 e. The summed E-state index contributed by atoms with van der Waals surface area (Å²) < 4.78 is 10.3. The molecule has 31 heavy (non-hydrogen) atoms. The van der Waals surface area contributed by atoms with E-state index in [4.69, 9.17) is 9.47 Å². The zero-order valence-corrected chi connectivity index (χ0v) is 24.1. The molecule has 0 saturated carbocycles. The Morgan fingerprint density at radius 2 is 1.77 bits per heavy atom. The van der Waals surface area contributed by atoms with E-state index in [1.54, 1.807) is 32.2 Å². The second-order valence-electron chi connectivity index (χ2n) is 6.75. The van der Waals surface area contributed by atoms with Crippen LogP contribution in [0.4, 0.5) is 5.82 Å². The van der Waals surface area contributed by atoms with E-state index in [1.165, 1.54) is 12.1 Å². The predicted molar refractivity (Wildman–Crippen MR) is 124 cm³/mol. The van der Waals surface area contributed by atoms with Crippen molar-refractivity contribution in [2.45, 2.75) is 66.6 Å². The Labute approximate surface area is 212 Å². The maximum atomic E-state index is 10.7. The van der Waals surface area contributed by atoms with Crippen molar-refractivity contribution in [2.75, 3.05) is 19.0 Å². The maximum Gasteiger partial charge on any atom is 0.305 e. The summed E-state index contributed by atoms with van der Waals surface area (Å²) in [7, 11) is 1.72. The molecule has 0 amide bonds. The van der Waals surface area contributed by atoms with Gasteiger partial charge >= 0.3 is 5.97 Å². The Kier molecular flexibility index (Phi) is 23.9. The van der Waals surface area contributed by atoms with Crippen LogP contribution in [-0.2, 0) is 19.1 Å². The summed E-state index contributed by atoms with van der Waals surface area (Å²) in [4.78, 5) is 35.7. The first kappa shape index (κ1) is 34.1. The Morgan fingerprint density at radius 1 is 1.19 bits per heavy atom. The molecule has 0 aliphatic carbocycles. The summed E-state index contributed by atoms with van der Waals surface area (Å²) >= 11 is 0. The number of nitrogens with zero attached hydrogens (tertiary/aromatic N) is 1. The first-order valence-electron chi connectivity index (χ1n) is 10.2. The van der Waals surface area contributed by atoms with Crippen molar-refractivity contribution in [1.82, 2.24) is 4.98 Å². The molecule has 176 valence electrons. The Balaban J connectivity index is -0.000000181. The minimum atomic E-state index is -0.227. The van der Waals surface area contributed by atoms with E-state index in [-0.39, 0.29) is 68.0 Å². The van der Waals surface area contributed by atoms with Gasteiger partial charge in [-0.3, -0.25) is 14.4 Å². The number of carbonyl (C=O) groups is 2. The van der Waals surface area contributed by atoms with Crippen molar-refractivity contribution in [1.29, 1.82) is 0 Å². The summed E-state index contributed by atoms with van der Waals surface area (Å²) in [5, 5.41) is 2.78. The van der Waals surface area contributed by atoms with E-state index >= 15 is 0 Å². The minimum Gasteiger partial charge on any atom is -0.463 e. The van der Waals surface area contributed by atoms with Gasteiger partial charge in [0.1, 0.15) is 12.4 Å². The zero-order valence-electron chi connectivity index (χ0n) is 19.9. The molecule has 0 aliphatic rings. The topological polar surface area (TPSA) is 94.6 Å². The summed E-state index contributed by atoms with van der Waals surface area (Å²) in [6, 6.07) is 6.58. The summed E-state index contributed by atoms with van der Waals surface area (Å²) in [5.41, 5.74) is -0.227. The van der Waals surface area contributed by atoms with Crippen molar-refractivity contribution >= 4 is 17.6 Å². The molecule has 0 fully saturated rings. The molecule has 0 saturated heterocycles. The SMILES string of the molecule is C=CC(=O)[C@@H](C)CC.CCC(=O)OC[C@H](C)OC(C)C.CNc1ccccc(=O)n1.[HH].[U]. The molecule has 0 unspecified atom stereocenters. The number of esters is 1. The quantitative estimate of drug-likeness (QED) is 0.312. The molecule has 2 atom stereocenters. The Hall–Kier alpha value is -1.49. The number of rotatable bonds is 9. The summed E-state index contributed by atoms with van der Waals surface area (Å²) in [5.74, 6) is 0.726. The number of anilines is 1. The molecule has 8 heteroatoms. The number of nitrogens with one attached hydrogen (secondary N) is 1. The van der Waals surface area contributed by atoms with E-state index < -0.39 is 0 Å². The van der Waals surface area contributed by atoms with Crippen LogP contribution in [0.2, 0.25) is 0 Å². The average Bonchev–Trinajstić information content (AvgIpc) is 2.94. The third kappa shape index (κ3) is 21.5. The van der Waals surface area contributed by atoms with Gasteiger partial charge in [-0.05, 0) is 39.3 Å². The summed E-state index contributed by atoms with van der Waals surface area (Å²) in [6.45, 7) is 15.2. The molecule has 1 aromatic heterocycles. The van der Waals surface area contributed by atoms with Crippen LogP contribution < -0.4 is 10.9 Å². The Morgan fingerprint density at radius 3 is 2.19 bits per heavy atom. The predicted octanol–water partition coefficient (Wildman–Crippen LogP) is 4.27. The number of ketones is 1. The van der Waals surface area contributed by atoms with Crippen molar-refractivity contribution in [3.05, 3.63) is 47.3 Å². The van der Waals surface area contributed by atoms with E-state index in [9.17, 15) is 14.4 Å². The van der Waals surface area contributed by atoms with Crippen molar-refractivity contribution in [3.63, 3.8) is 0 Å². The molecule has 0 radical (unpaired) electrons. The number of aromatic nitrogens is 1. The van der Waals surface area contributed by atoms with Gasteiger partial charge in [0.25, 0.3) is 5.56 Å². The van der Waals surface area contributed by atoms with E-state index in [0.29, 0.717) is 18.8 Å². The monoisotopic (exact) mass is 662 g/mol. The van der Waals surface area contributed by atoms with Crippen LogP contribution in [0, 0.1) is 37.0 Å². The zero-order chi connectivity index (χ0) is 23.5. The molecular weight excluding hydrogens is 622 g/mol. The first-order valence-corrected chi connectivity index (χ1v) is 10.2. The van der Waals surface area contributed by atoms with E-state index in [1.807, 2.05) is 34.6 Å². The van der Waals surface area contributed by atoms with Gasteiger partial charge in [-0.15, -0.1) is 0 Å². The molecule has 1 rings (SSSR count). The summed E-state index contributed by atoms with van der Waals surface area (Å²) in [6.07, 6.45) is 2.88. The molecular formula is C23H40N2O5U. The second-order valence-corrected chi connectivity index (χ2v) is 6.75. The van der Waals surface area contributed by atoms with Crippen molar-refractivity contribution < 1.29 is 51.6 Å². The molecule has 7 nitrogen and oxygen atoms in total. The molecule has 1 N–H and O–H groups in total. The van der Waals surface area contributed by atoms with Crippen LogP contribution in [0.5, 0.6) is 0 Å². The molecule has 0 aliphatic heterocycles. The third-order valence-corrected chi connectivity index (χ3v) is 3.66. The van der Waals surface area contributed by atoms with Gasteiger partial charge in [-0.1, -0.05) is 39.5 Å². The van der Waals surface area contributed by atoms with Gasteiger partial charge in [0.05, 0.1) is 12.2 Å². The normalized spacial score (nSPS) is 11.2.